The van der Waals surface area contributed by atoms with Gasteiger partial charge in [0.1, 0.15) is 0 Å². The summed E-state index contributed by atoms with van der Waals surface area (Å²) >= 11 is 1.74. The van der Waals surface area contributed by atoms with Gasteiger partial charge in [-0.25, -0.2) is 9.59 Å². The highest BCUT2D eigenvalue weighted by molar-refractivity contribution is 8.76. The Hall–Kier alpha value is -1.56. The largest absolute Gasteiger partial charge is 0.510 e. The number of amides is 1. The zero-order chi connectivity index (χ0) is 27.8. The monoisotopic (exact) mass is 585 g/mol. The molecule has 1 fully saturated rings. The van der Waals surface area contributed by atoms with Crippen molar-refractivity contribution in [3.8, 4) is 0 Å². The summed E-state index contributed by atoms with van der Waals surface area (Å²) in [5.41, 5.74) is 7.23. The lowest BCUT2D eigenvalue weighted by atomic mass is 9.80. The molecule has 0 heterocycles. The van der Waals surface area contributed by atoms with Crippen LogP contribution < -0.4 is 11.1 Å². The molecule has 1 aromatic rings. The van der Waals surface area contributed by atoms with Gasteiger partial charge in [-0.15, -0.1) is 0 Å². The molecular weight excluding hydrogens is 545 g/mol. The van der Waals surface area contributed by atoms with E-state index in [4.69, 9.17) is 19.9 Å². The van der Waals surface area contributed by atoms with Crippen molar-refractivity contribution >= 4 is 51.4 Å². The summed E-state index contributed by atoms with van der Waals surface area (Å²) in [6.45, 7) is 1.72. The van der Waals surface area contributed by atoms with E-state index in [-0.39, 0.29) is 18.6 Å². The van der Waals surface area contributed by atoms with Gasteiger partial charge in [-0.3, -0.25) is 10.5 Å². The average Bonchev–Trinajstić information content (AvgIpc) is 2.93. The van der Waals surface area contributed by atoms with Crippen molar-refractivity contribution in [3.63, 3.8) is 0 Å². The number of methoxy groups -OCH3 is 1. The molecule has 1 radical (unpaired) electrons. The minimum atomic E-state index is -1.95. The van der Waals surface area contributed by atoms with E-state index in [1.54, 1.807) is 40.3 Å². The van der Waals surface area contributed by atoms with Crippen molar-refractivity contribution in [2.75, 3.05) is 37.2 Å². The van der Waals surface area contributed by atoms with Crippen LogP contribution >= 0.6 is 33.3 Å². The van der Waals surface area contributed by atoms with E-state index in [0.29, 0.717) is 30.8 Å². The Morgan fingerprint density at radius 3 is 2.42 bits per heavy atom. The van der Waals surface area contributed by atoms with Gasteiger partial charge in [0.25, 0.3) is 5.72 Å². The molecule has 3 atom stereocenters. The Labute approximate surface area is 239 Å². The van der Waals surface area contributed by atoms with E-state index in [0.717, 1.165) is 37.0 Å². The van der Waals surface area contributed by atoms with Crippen LogP contribution in [-0.4, -0.2) is 67.0 Å². The Morgan fingerprint density at radius 1 is 1.11 bits per heavy atom. The summed E-state index contributed by atoms with van der Waals surface area (Å²) < 4.78 is 15.7. The minimum Gasteiger partial charge on any atom is -0.465 e. The first-order valence-corrected chi connectivity index (χ1v) is 17.0. The van der Waals surface area contributed by atoms with Gasteiger partial charge in [-0.2, -0.15) is 11.8 Å². The lowest BCUT2D eigenvalue weighted by molar-refractivity contribution is -0.183. The second kappa shape index (κ2) is 17.9. The summed E-state index contributed by atoms with van der Waals surface area (Å²) in [4.78, 5) is 39.5. The van der Waals surface area contributed by atoms with Gasteiger partial charge >= 0.3 is 12.1 Å². The van der Waals surface area contributed by atoms with Crippen molar-refractivity contribution in [3.05, 3.63) is 35.9 Å². The number of thioether (sulfide) groups is 1. The second-order valence-corrected chi connectivity index (χ2v) is 12.8. The molecule has 8 nitrogen and oxygen atoms in total. The molecule has 3 unspecified atom stereocenters. The molecule has 38 heavy (non-hydrogen) atoms. The zero-order valence-corrected chi connectivity index (χ0v) is 25.0. The standard InChI is InChI=1S/C27H41N2O6S3/c1-4-34-26(32)35-27(25(31)33-2,22-13-9-6-10-14-22)29-24(30)21(17-20-11-7-5-8-12-20)18-37-38-19-23(28)15-16-36-3/h5,7-8,11-12,21-23,28H,4,6,9-10,13-19H2,1-3H3,(H,29,30). The third-order valence-electron chi connectivity index (χ3n) is 6.47. The third-order valence-corrected chi connectivity index (χ3v) is 9.68. The highest BCUT2D eigenvalue weighted by Crippen LogP contribution is 2.36. The molecule has 0 bridgehead atoms. The van der Waals surface area contributed by atoms with Crippen molar-refractivity contribution in [1.82, 2.24) is 11.1 Å². The maximum atomic E-state index is 13.8. The molecular formula is C27H41N2O6S3. The lowest BCUT2D eigenvalue weighted by Crippen LogP contribution is -2.64. The zero-order valence-electron chi connectivity index (χ0n) is 22.6. The van der Waals surface area contributed by atoms with Crippen LogP contribution in [0.25, 0.3) is 0 Å². The summed E-state index contributed by atoms with van der Waals surface area (Å²) in [5, 5.41) is 2.84. The maximum Gasteiger partial charge on any atom is 0.510 e. The van der Waals surface area contributed by atoms with Crippen LogP contribution in [-0.2, 0) is 30.2 Å². The summed E-state index contributed by atoms with van der Waals surface area (Å²) in [7, 11) is 4.36. The van der Waals surface area contributed by atoms with Gasteiger partial charge in [0.2, 0.25) is 5.91 Å². The molecule has 2 N–H and O–H groups in total. The number of benzene rings is 1. The molecule has 0 aliphatic heterocycles. The fourth-order valence-corrected chi connectivity index (χ4v) is 7.46. The number of esters is 1. The van der Waals surface area contributed by atoms with E-state index >= 15 is 0 Å². The van der Waals surface area contributed by atoms with Gasteiger partial charge in [-0.1, -0.05) is 71.2 Å². The third kappa shape index (κ3) is 10.5. The number of hydrogen-bond acceptors (Lipinski definition) is 9. The van der Waals surface area contributed by atoms with Crippen LogP contribution in [0.15, 0.2) is 30.3 Å². The Bertz CT molecular complexity index is 856. The van der Waals surface area contributed by atoms with Gasteiger partial charge in [0.15, 0.2) is 0 Å². The minimum absolute atomic E-state index is 0.0765. The first-order valence-electron chi connectivity index (χ1n) is 13.1. The molecule has 213 valence electrons. The number of ether oxygens (including phenoxy) is 3. The molecule has 1 aliphatic rings. The van der Waals surface area contributed by atoms with Crippen molar-refractivity contribution < 1.29 is 28.6 Å². The van der Waals surface area contributed by atoms with Crippen molar-refractivity contribution in [2.45, 2.75) is 63.6 Å². The molecule has 2 rings (SSSR count). The van der Waals surface area contributed by atoms with E-state index in [1.807, 2.05) is 36.6 Å². The summed E-state index contributed by atoms with van der Waals surface area (Å²) in [5.74, 6) is -0.00675. The number of hydrogen-bond donors (Lipinski definition) is 1. The summed E-state index contributed by atoms with van der Waals surface area (Å²) in [6, 6.07) is 9.54. The molecule has 0 aromatic heterocycles. The van der Waals surface area contributed by atoms with E-state index in [1.165, 1.54) is 7.11 Å². The molecule has 0 saturated heterocycles. The summed E-state index contributed by atoms with van der Waals surface area (Å²) in [6.07, 6.45) is 6.27. The first kappa shape index (κ1) is 32.7. The van der Waals surface area contributed by atoms with Crippen LogP contribution in [0.4, 0.5) is 4.79 Å². The molecule has 11 heteroatoms. The van der Waals surface area contributed by atoms with E-state index in [2.05, 4.69) is 5.32 Å². The highest BCUT2D eigenvalue weighted by Gasteiger charge is 2.53. The maximum absolute atomic E-state index is 13.8. The number of carbonyl (C=O) groups is 3. The Kier molecular flexibility index (Phi) is 15.4. The normalized spacial score (nSPS) is 17.1. The lowest BCUT2D eigenvalue weighted by Gasteiger charge is -2.39. The van der Waals surface area contributed by atoms with Crippen LogP contribution in [0.2, 0.25) is 0 Å². The number of rotatable bonds is 16. The molecule has 1 aromatic carbocycles. The van der Waals surface area contributed by atoms with Crippen LogP contribution in [0.3, 0.4) is 0 Å². The smallest absolute Gasteiger partial charge is 0.465 e. The molecule has 1 saturated carbocycles. The topological polar surface area (TPSA) is 115 Å². The van der Waals surface area contributed by atoms with E-state index in [9.17, 15) is 14.4 Å². The molecule has 0 spiro atoms. The fraction of sp³-hybridized carbons (Fsp3) is 0.667. The fourth-order valence-electron chi connectivity index (χ4n) is 4.42. The molecule has 1 amide bonds. The van der Waals surface area contributed by atoms with Crippen LogP contribution in [0.1, 0.15) is 51.0 Å². The quantitative estimate of drug-likeness (QED) is 0.118. The Morgan fingerprint density at radius 2 is 1.79 bits per heavy atom. The predicted molar refractivity (Wildman–Crippen MR) is 156 cm³/mol. The van der Waals surface area contributed by atoms with E-state index < -0.39 is 29.7 Å². The molecule has 1 aliphatic carbocycles. The number of carbonyl (C=O) groups excluding carboxylic acids is 3. The van der Waals surface area contributed by atoms with Crippen molar-refractivity contribution in [2.24, 2.45) is 11.8 Å². The predicted octanol–water partition coefficient (Wildman–Crippen LogP) is 5.37. The first-order chi connectivity index (χ1) is 18.4. The highest BCUT2D eigenvalue weighted by atomic mass is 33.1. The van der Waals surface area contributed by atoms with Gasteiger partial charge < -0.3 is 19.5 Å². The van der Waals surface area contributed by atoms with Crippen LogP contribution in [0.5, 0.6) is 0 Å². The Balaban J connectivity index is 2.25. The van der Waals surface area contributed by atoms with Crippen molar-refractivity contribution in [1.29, 1.82) is 0 Å². The van der Waals surface area contributed by atoms with Gasteiger partial charge in [0.05, 0.1) is 19.6 Å². The van der Waals surface area contributed by atoms with Crippen LogP contribution in [0, 0.1) is 11.8 Å². The second-order valence-electron chi connectivity index (χ2n) is 9.27. The number of nitrogens with one attached hydrogen (secondary N) is 2. The average molecular weight is 586 g/mol. The van der Waals surface area contributed by atoms with Gasteiger partial charge in [-0.05, 0) is 50.2 Å². The van der Waals surface area contributed by atoms with Gasteiger partial charge in [0, 0.05) is 23.5 Å². The SMILES string of the molecule is CCOC(=O)OC(NC(=O)C(CSSCC([NH])CCSC)Cc1ccccc1)(C(=O)OC)C1CCCCC1.